The maximum atomic E-state index is 12.3. The van der Waals surface area contributed by atoms with Gasteiger partial charge < -0.3 is 15.2 Å². The highest BCUT2D eigenvalue weighted by atomic mass is 32.1. The van der Waals surface area contributed by atoms with Crippen molar-refractivity contribution in [3.63, 3.8) is 0 Å². The summed E-state index contributed by atoms with van der Waals surface area (Å²) in [6.07, 6.45) is 0.198. The van der Waals surface area contributed by atoms with Gasteiger partial charge in [0.2, 0.25) is 11.8 Å². The molecular weight excluding hydrogens is 336 g/mol. The minimum atomic E-state index is -0.307. The van der Waals surface area contributed by atoms with Crippen LogP contribution in [0.2, 0.25) is 0 Å². The van der Waals surface area contributed by atoms with Crippen molar-refractivity contribution in [1.29, 1.82) is 0 Å². The van der Waals surface area contributed by atoms with Crippen molar-refractivity contribution in [2.75, 3.05) is 0 Å². The average Bonchev–Trinajstić information content (AvgIpc) is 3.21. The molecule has 0 saturated heterocycles. The van der Waals surface area contributed by atoms with Crippen LogP contribution < -0.4 is 10.6 Å². The van der Waals surface area contributed by atoms with E-state index in [1.165, 1.54) is 18.3 Å². The molecule has 2 aromatic heterocycles. The molecule has 0 fully saturated rings. The smallest absolute Gasteiger partial charge is 0.222 e. The highest BCUT2D eigenvalue weighted by Crippen LogP contribution is 2.22. The predicted octanol–water partition coefficient (Wildman–Crippen LogP) is 2.52. The lowest BCUT2D eigenvalue weighted by atomic mass is 10.1. The Morgan fingerprint density at radius 3 is 2.72 bits per heavy atom. The number of amides is 2. The fourth-order valence-electron chi connectivity index (χ4n) is 2.75. The van der Waals surface area contributed by atoms with Gasteiger partial charge in [0.15, 0.2) is 0 Å². The second-order valence-electron chi connectivity index (χ2n) is 5.83. The number of nitrogens with zero attached hydrogens (tertiary/aromatic N) is 2. The number of aromatic nitrogens is 2. The molecule has 1 unspecified atom stereocenters. The van der Waals surface area contributed by atoms with E-state index in [2.05, 4.69) is 15.6 Å². The summed E-state index contributed by atoms with van der Waals surface area (Å²) in [6, 6.07) is 11.4. The van der Waals surface area contributed by atoms with Crippen molar-refractivity contribution in [2.45, 2.75) is 25.9 Å². The molecule has 0 radical (unpaired) electrons. The Morgan fingerprint density at radius 2 is 2.04 bits per heavy atom. The molecule has 6 nitrogen and oxygen atoms in total. The van der Waals surface area contributed by atoms with E-state index in [4.69, 9.17) is 0 Å². The molecule has 0 aliphatic rings. The molecule has 1 aromatic carbocycles. The van der Waals surface area contributed by atoms with Crippen LogP contribution in [0.25, 0.3) is 11.0 Å². The first-order valence-corrected chi connectivity index (χ1v) is 8.90. The first kappa shape index (κ1) is 17.2. The van der Waals surface area contributed by atoms with E-state index in [1.807, 2.05) is 53.4 Å². The van der Waals surface area contributed by atoms with Crippen LogP contribution in [0.15, 0.2) is 41.8 Å². The van der Waals surface area contributed by atoms with Gasteiger partial charge in [-0.2, -0.15) is 0 Å². The summed E-state index contributed by atoms with van der Waals surface area (Å²) in [7, 11) is 1.93. The summed E-state index contributed by atoms with van der Waals surface area (Å²) in [5, 5.41) is 7.66. The van der Waals surface area contributed by atoms with Gasteiger partial charge in [-0.05, 0) is 23.6 Å². The van der Waals surface area contributed by atoms with Crippen molar-refractivity contribution in [3.8, 4) is 0 Å². The van der Waals surface area contributed by atoms with Crippen LogP contribution in [-0.2, 0) is 23.2 Å². The zero-order chi connectivity index (χ0) is 17.8. The predicted molar refractivity (Wildman–Crippen MR) is 98.1 cm³/mol. The third-order valence-electron chi connectivity index (χ3n) is 3.98. The van der Waals surface area contributed by atoms with E-state index < -0.39 is 0 Å². The molecule has 0 saturated carbocycles. The summed E-state index contributed by atoms with van der Waals surface area (Å²) in [5.74, 6) is 0.516. The van der Waals surface area contributed by atoms with Gasteiger partial charge in [-0.15, -0.1) is 11.3 Å². The number of hydrogen-bond acceptors (Lipinski definition) is 4. The van der Waals surface area contributed by atoms with E-state index in [-0.39, 0.29) is 24.3 Å². The molecular formula is C18H20N4O2S. The van der Waals surface area contributed by atoms with E-state index in [0.717, 1.165) is 21.7 Å². The minimum absolute atomic E-state index is 0.126. The van der Waals surface area contributed by atoms with Crippen LogP contribution >= 0.6 is 11.3 Å². The summed E-state index contributed by atoms with van der Waals surface area (Å²) in [4.78, 5) is 29.2. The number of carbonyl (C=O) groups is 2. The Kier molecular flexibility index (Phi) is 5.14. The minimum Gasteiger partial charge on any atom is -0.349 e. The quantitative estimate of drug-likeness (QED) is 0.712. The van der Waals surface area contributed by atoms with Crippen LogP contribution in [0.3, 0.4) is 0 Å². The topological polar surface area (TPSA) is 76.0 Å². The number of fused-ring (bicyclic) bond motifs is 1. The van der Waals surface area contributed by atoms with Gasteiger partial charge in [-0.25, -0.2) is 4.98 Å². The van der Waals surface area contributed by atoms with Crippen LogP contribution in [0.5, 0.6) is 0 Å². The third kappa shape index (κ3) is 4.06. The third-order valence-corrected chi connectivity index (χ3v) is 4.96. The first-order chi connectivity index (χ1) is 12.0. The lowest BCUT2D eigenvalue weighted by molar-refractivity contribution is -0.122. The Balaban J connectivity index is 1.64. The van der Waals surface area contributed by atoms with Gasteiger partial charge in [-0.1, -0.05) is 18.2 Å². The zero-order valence-electron chi connectivity index (χ0n) is 14.2. The highest BCUT2D eigenvalue weighted by Gasteiger charge is 2.18. The van der Waals surface area contributed by atoms with Crippen molar-refractivity contribution in [1.82, 2.24) is 20.2 Å². The van der Waals surface area contributed by atoms with E-state index >= 15 is 0 Å². The number of hydrogen-bond donors (Lipinski definition) is 2. The zero-order valence-corrected chi connectivity index (χ0v) is 15.0. The molecule has 0 aliphatic heterocycles. The standard InChI is InChI=1S/C18H20N4O2S/c1-12(23)20-14(16-8-5-9-25-16)10-18(24)19-11-17-21-13-6-3-4-7-15(13)22(17)2/h3-9,14H,10-11H2,1-2H3,(H,19,24)(H,20,23). The molecule has 3 aromatic rings. The summed E-state index contributed by atoms with van der Waals surface area (Å²) >= 11 is 1.52. The number of thiophene rings is 1. The van der Waals surface area contributed by atoms with Crippen molar-refractivity contribution in [3.05, 3.63) is 52.5 Å². The summed E-state index contributed by atoms with van der Waals surface area (Å²) < 4.78 is 1.97. The number of para-hydroxylation sites is 2. The molecule has 2 amide bonds. The molecule has 130 valence electrons. The number of benzene rings is 1. The Labute approximate surface area is 149 Å². The summed E-state index contributed by atoms with van der Waals surface area (Å²) in [5.41, 5.74) is 1.94. The van der Waals surface area contributed by atoms with E-state index in [0.29, 0.717) is 6.54 Å². The lowest BCUT2D eigenvalue weighted by Crippen LogP contribution is -2.32. The normalized spacial score (nSPS) is 12.1. The highest BCUT2D eigenvalue weighted by molar-refractivity contribution is 7.10. The molecule has 1 atom stereocenters. The van der Waals surface area contributed by atoms with Gasteiger partial charge in [0, 0.05) is 18.8 Å². The van der Waals surface area contributed by atoms with Crippen LogP contribution in [-0.4, -0.2) is 21.4 Å². The van der Waals surface area contributed by atoms with Crippen molar-refractivity contribution < 1.29 is 9.59 Å². The average molecular weight is 356 g/mol. The monoisotopic (exact) mass is 356 g/mol. The Hall–Kier alpha value is -2.67. The van der Waals surface area contributed by atoms with Crippen LogP contribution in [0, 0.1) is 0 Å². The van der Waals surface area contributed by atoms with E-state index in [9.17, 15) is 9.59 Å². The molecule has 0 spiro atoms. The lowest BCUT2D eigenvalue weighted by Gasteiger charge is -2.16. The molecule has 25 heavy (non-hydrogen) atoms. The number of aryl methyl sites for hydroxylation is 1. The SMILES string of the molecule is CC(=O)NC(CC(=O)NCc1nc2ccccc2n1C)c1cccs1. The van der Waals surface area contributed by atoms with Crippen LogP contribution in [0.1, 0.15) is 30.1 Å². The van der Waals surface area contributed by atoms with Gasteiger partial charge in [-0.3, -0.25) is 9.59 Å². The van der Waals surface area contributed by atoms with Gasteiger partial charge >= 0.3 is 0 Å². The second kappa shape index (κ2) is 7.48. The number of imidazole rings is 1. The van der Waals surface area contributed by atoms with Gasteiger partial charge in [0.1, 0.15) is 5.82 Å². The van der Waals surface area contributed by atoms with Gasteiger partial charge in [0.25, 0.3) is 0 Å². The molecule has 3 rings (SSSR count). The van der Waals surface area contributed by atoms with Crippen molar-refractivity contribution >= 4 is 34.2 Å². The fourth-order valence-corrected chi connectivity index (χ4v) is 3.52. The van der Waals surface area contributed by atoms with E-state index in [1.54, 1.807) is 0 Å². The maximum Gasteiger partial charge on any atom is 0.222 e. The first-order valence-electron chi connectivity index (χ1n) is 8.02. The number of rotatable bonds is 6. The molecule has 0 bridgehead atoms. The molecule has 7 heteroatoms. The second-order valence-corrected chi connectivity index (χ2v) is 6.80. The molecule has 2 N–H and O–H groups in total. The van der Waals surface area contributed by atoms with Crippen LogP contribution in [0.4, 0.5) is 0 Å². The van der Waals surface area contributed by atoms with Crippen molar-refractivity contribution in [2.24, 2.45) is 7.05 Å². The molecule has 2 heterocycles. The van der Waals surface area contributed by atoms with Gasteiger partial charge in [0.05, 0.1) is 30.0 Å². The Morgan fingerprint density at radius 1 is 1.24 bits per heavy atom. The largest absolute Gasteiger partial charge is 0.349 e. The summed E-state index contributed by atoms with van der Waals surface area (Å²) in [6.45, 7) is 1.80. The Bertz CT molecular complexity index is 886. The maximum absolute atomic E-state index is 12.3. The number of nitrogens with one attached hydrogen (secondary N) is 2. The number of carbonyl (C=O) groups excluding carboxylic acids is 2. The fraction of sp³-hybridized carbons (Fsp3) is 0.278. The molecule has 0 aliphatic carbocycles.